The van der Waals surface area contributed by atoms with Crippen LogP contribution in [0.1, 0.15) is 23.3 Å². The van der Waals surface area contributed by atoms with Crippen LogP contribution in [-0.4, -0.2) is 55.1 Å². The molecule has 25 heavy (non-hydrogen) atoms. The average molecular weight is 338 g/mol. The number of para-hydroxylation sites is 1. The number of carbonyl (C=O) groups is 1. The second-order valence-corrected chi connectivity index (χ2v) is 6.34. The second kappa shape index (κ2) is 9.18. The van der Waals surface area contributed by atoms with Gasteiger partial charge >= 0.3 is 0 Å². The first-order valence-electron chi connectivity index (χ1n) is 9.04. The average Bonchev–Trinajstić information content (AvgIpc) is 2.69. The third-order valence-electron chi connectivity index (χ3n) is 4.58. The van der Waals surface area contributed by atoms with Crippen molar-refractivity contribution in [1.82, 2.24) is 15.2 Å². The van der Waals surface area contributed by atoms with Crippen LogP contribution in [0.2, 0.25) is 0 Å². The molecule has 1 aliphatic heterocycles. The van der Waals surface area contributed by atoms with Crippen LogP contribution < -0.4 is 10.2 Å². The molecule has 5 heteroatoms. The van der Waals surface area contributed by atoms with Gasteiger partial charge in [0.1, 0.15) is 5.69 Å². The first kappa shape index (κ1) is 17.4. The lowest BCUT2D eigenvalue weighted by Gasteiger charge is -2.36. The highest BCUT2D eigenvalue weighted by Crippen LogP contribution is 2.15. The molecule has 1 amide bonds. The molecule has 1 aliphatic rings. The molecule has 1 fully saturated rings. The van der Waals surface area contributed by atoms with Gasteiger partial charge in [0.05, 0.1) is 0 Å². The molecule has 1 aromatic heterocycles. The van der Waals surface area contributed by atoms with Crippen molar-refractivity contribution in [2.24, 2.45) is 0 Å². The van der Waals surface area contributed by atoms with Crippen LogP contribution in [-0.2, 0) is 0 Å². The molecule has 0 spiro atoms. The second-order valence-electron chi connectivity index (χ2n) is 6.34. The number of hydrogen-bond donors (Lipinski definition) is 1. The fourth-order valence-corrected chi connectivity index (χ4v) is 3.12. The van der Waals surface area contributed by atoms with Crippen molar-refractivity contribution in [2.75, 3.05) is 44.2 Å². The summed E-state index contributed by atoms with van der Waals surface area (Å²) in [7, 11) is 0. The first-order valence-corrected chi connectivity index (χ1v) is 9.04. The Morgan fingerprint density at radius 3 is 2.44 bits per heavy atom. The van der Waals surface area contributed by atoms with E-state index in [2.05, 4.69) is 50.4 Å². The van der Waals surface area contributed by atoms with E-state index < -0.39 is 0 Å². The lowest BCUT2D eigenvalue weighted by atomic mass is 10.2. The smallest absolute Gasteiger partial charge is 0.269 e. The van der Waals surface area contributed by atoms with Gasteiger partial charge in [0, 0.05) is 44.6 Å². The van der Waals surface area contributed by atoms with Gasteiger partial charge in [0.2, 0.25) is 0 Å². The summed E-state index contributed by atoms with van der Waals surface area (Å²) in [5.74, 6) is -0.0860. The Labute approximate surface area is 149 Å². The van der Waals surface area contributed by atoms with Crippen LogP contribution in [0.3, 0.4) is 0 Å². The summed E-state index contributed by atoms with van der Waals surface area (Å²) in [4.78, 5) is 20.9. The Hall–Kier alpha value is -2.40. The Morgan fingerprint density at radius 2 is 1.72 bits per heavy atom. The van der Waals surface area contributed by atoms with Gasteiger partial charge in [-0.25, -0.2) is 0 Å². The minimum absolute atomic E-state index is 0.0860. The molecule has 0 bridgehead atoms. The maximum atomic E-state index is 11.9. The number of nitrogens with one attached hydrogen (secondary N) is 1. The lowest BCUT2D eigenvalue weighted by molar-refractivity contribution is 0.0947. The predicted molar refractivity (Wildman–Crippen MR) is 101 cm³/mol. The Balaban J connectivity index is 1.28. The number of anilines is 1. The van der Waals surface area contributed by atoms with E-state index >= 15 is 0 Å². The molecule has 1 aromatic carbocycles. The van der Waals surface area contributed by atoms with Crippen molar-refractivity contribution in [3.8, 4) is 0 Å². The van der Waals surface area contributed by atoms with E-state index in [9.17, 15) is 4.79 Å². The van der Waals surface area contributed by atoms with Crippen molar-refractivity contribution < 1.29 is 4.79 Å². The van der Waals surface area contributed by atoms with Gasteiger partial charge in [-0.1, -0.05) is 24.3 Å². The predicted octanol–water partition coefficient (Wildman–Crippen LogP) is 2.41. The Bertz CT molecular complexity index is 639. The zero-order valence-electron chi connectivity index (χ0n) is 14.6. The van der Waals surface area contributed by atoms with Crippen LogP contribution in [0, 0.1) is 0 Å². The first-order chi connectivity index (χ1) is 12.3. The molecule has 1 saturated heterocycles. The van der Waals surface area contributed by atoms with E-state index in [0.29, 0.717) is 12.2 Å². The molecule has 3 rings (SSSR count). The highest BCUT2D eigenvalue weighted by molar-refractivity contribution is 5.92. The topological polar surface area (TPSA) is 48.5 Å². The normalized spacial score (nSPS) is 15.1. The van der Waals surface area contributed by atoms with Crippen LogP contribution in [0.15, 0.2) is 54.7 Å². The summed E-state index contributed by atoms with van der Waals surface area (Å²) in [5.41, 5.74) is 1.80. The SMILES string of the molecule is O=C(NCCCCN1CCN(c2ccccc2)CC1)c1ccccn1. The third-order valence-corrected chi connectivity index (χ3v) is 4.58. The van der Waals surface area contributed by atoms with E-state index in [1.54, 1.807) is 12.3 Å². The zero-order chi connectivity index (χ0) is 17.3. The van der Waals surface area contributed by atoms with E-state index in [0.717, 1.165) is 45.6 Å². The highest BCUT2D eigenvalue weighted by atomic mass is 16.1. The van der Waals surface area contributed by atoms with Gasteiger partial charge in [0.25, 0.3) is 5.91 Å². The molecule has 0 atom stereocenters. The van der Waals surface area contributed by atoms with Crippen molar-refractivity contribution >= 4 is 11.6 Å². The van der Waals surface area contributed by atoms with Gasteiger partial charge in [-0.3, -0.25) is 14.7 Å². The fraction of sp³-hybridized carbons (Fsp3) is 0.400. The molecule has 0 unspecified atom stereocenters. The number of piperazine rings is 1. The van der Waals surface area contributed by atoms with Crippen LogP contribution >= 0.6 is 0 Å². The summed E-state index contributed by atoms with van der Waals surface area (Å²) < 4.78 is 0. The van der Waals surface area contributed by atoms with E-state index in [1.165, 1.54) is 5.69 Å². The highest BCUT2D eigenvalue weighted by Gasteiger charge is 2.16. The van der Waals surface area contributed by atoms with E-state index in [4.69, 9.17) is 0 Å². The number of rotatable bonds is 7. The number of amides is 1. The van der Waals surface area contributed by atoms with Gasteiger partial charge in [0.15, 0.2) is 0 Å². The number of benzene rings is 1. The van der Waals surface area contributed by atoms with Crippen molar-refractivity contribution in [3.05, 3.63) is 60.4 Å². The number of unbranched alkanes of at least 4 members (excludes halogenated alkanes) is 1. The number of pyridine rings is 1. The number of carbonyl (C=O) groups excluding carboxylic acids is 1. The summed E-state index contributed by atoms with van der Waals surface area (Å²) in [6.45, 7) is 6.19. The molecule has 5 nitrogen and oxygen atoms in total. The summed E-state index contributed by atoms with van der Waals surface area (Å²) in [5, 5.41) is 2.94. The van der Waals surface area contributed by atoms with Crippen molar-refractivity contribution in [1.29, 1.82) is 0 Å². The number of aromatic nitrogens is 1. The van der Waals surface area contributed by atoms with E-state index in [-0.39, 0.29) is 5.91 Å². The largest absolute Gasteiger partial charge is 0.369 e. The van der Waals surface area contributed by atoms with Crippen molar-refractivity contribution in [2.45, 2.75) is 12.8 Å². The molecular formula is C20H26N4O. The standard InChI is InChI=1S/C20H26N4O/c25-20(19-10-4-5-11-21-19)22-12-6-7-13-23-14-16-24(17-15-23)18-8-2-1-3-9-18/h1-5,8-11H,6-7,12-17H2,(H,22,25). The molecule has 0 saturated carbocycles. The maximum absolute atomic E-state index is 11.9. The van der Waals surface area contributed by atoms with Crippen LogP contribution in [0.5, 0.6) is 0 Å². The number of hydrogen-bond acceptors (Lipinski definition) is 4. The lowest BCUT2D eigenvalue weighted by Crippen LogP contribution is -2.46. The van der Waals surface area contributed by atoms with Gasteiger partial charge < -0.3 is 10.2 Å². The number of nitrogens with zero attached hydrogens (tertiary/aromatic N) is 3. The summed E-state index contributed by atoms with van der Waals surface area (Å²) in [6.07, 6.45) is 3.75. The quantitative estimate of drug-likeness (QED) is 0.788. The van der Waals surface area contributed by atoms with E-state index in [1.807, 2.05) is 12.1 Å². The van der Waals surface area contributed by atoms with Gasteiger partial charge in [-0.05, 0) is 43.7 Å². The minimum atomic E-state index is -0.0860. The monoisotopic (exact) mass is 338 g/mol. The molecule has 0 aliphatic carbocycles. The molecule has 2 aromatic rings. The summed E-state index contributed by atoms with van der Waals surface area (Å²) in [6, 6.07) is 16.0. The van der Waals surface area contributed by atoms with Crippen molar-refractivity contribution in [3.63, 3.8) is 0 Å². The van der Waals surface area contributed by atoms with Gasteiger partial charge in [-0.2, -0.15) is 0 Å². The maximum Gasteiger partial charge on any atom is 0.269 e. The molecule has 132 valence electrons. The molecule has 2 heterocycles. The third kappa shape index (κ3) is 5.29. The van der Waals surface area contributed by atoms with Crippen LogP contribution in [0.4, 0.5) is 5.69 Å². The van der Waals surface area contributed by atoms with Crippen LogP contribution in [0.25, 0.3) is 0 Å². The fourth-order valence-electron chi connectivity index (χ4n) is 3.12. The Kier molecular flexibility index (Phi) is 6.40. The molecule has 1 N–H and O–H groups in total. The molecule has 0 radical (unpaired) electrons. The Morgan fingerprint density at radius 1 is 0.960 bits per heavy atom. The zero-order valence-corrected chi connectivity index (χ0v) is 14.6. The molecular weight excluding hydrogens is 312 g/mol. The van der Waals surface area contributed by atoms with Gasteiger partial charge in [-0.15, -0.1) is 0 Å². The summed E-state index contributed by atoms with van der Waals surface area (Å²) >= 11 is 0. The minimum Gasteiger partial charge on any atom is -0.369 e.